The van der Waals surface area contributed by atoms with Gasteiger partial charge in [0.15, 0.2) is 5.69 Å². The number of imidazole rings is 1. The van der Waals surface area contributed by atoms with Crippen molar-refractivity contribution in [3.05, 3.63) is 65.0 Å². The molecule has 2 aromatic carbocycles. The first kappa shape index (κ1) is 20.1. The maximum absolute atomic E-state index is 12.9. The highest BCUT2D eigenvalue weighted by Gasteiger charge is 2.37. The van der Waals surface area contributed by atoms with Crippen LogP contribution in [0.3, 0.4) is 0 Å². The molecule has 6 heteroatoms. The predicted molar refractivity (Wildman–Crippen MR) is 117 cm³/mol. The van der Waals surface area contributed by atoms with E-state index in [1.807, 2.05) is 43.3 Å². The molecule has 0 aliphatic heterocycles. The zero-order valence-electron chi connectivity index (χ0n) is 17.6. The monoisotopic (exact) mass is 402 g/mol. The minimum absolute atomic E-state index is 0.0797. The molecule has 30 heavy (non-hydrogen) atoms. The largest absolute Gasteiger partial charge is 0.385 e. The van der Waals surface area contributed by atoms with Crippen molar-refractivity contribution >= 4 is 28.6 Å². The number of carbonyl (C=O) groups is 1. The van der Waals surface area contributed by atoms with Crippen molar-refractivity contribution in [2.45, 2.75) is 57.6 Å². The Bertz CT molecular complexity index is 1170. The Hall–Kier alpha value is -3.17. The molecule has 1 heterocycles. The zero-order valence-corrected chi connectivity index (χ0v) is 17.6. The molecule has 1 aliphatic rings. The van der Waals surface area contributed by atoms with Crippen LogP contribution in [0.1, 0.15) is 50.7 Å². The van der Waals surface area contributed by atoms with E-state index in [0.717, 1.165) is 35.9 Å². The van der Waals surface area contributed by atoms with Gasteiger partial charge in [0.05, 0.1) is 29.6 Å². The molecular formula is C24H26N4O2. The van der Waals surface area contributed by atoms with Crippen LogP contribution in [0.2, 0.25) is 0 Å². The van der Waals surface area contributed by atoms with Crippen molar-refractivity contribution < 1.29 is 9.90 Å². The lowest BCUT2D eigenvalue weighted by atomic mass is 9.78. The van der Waals surface area contributed by atoms with Gasteiger partial charge >= 0.3 is 0 Å². The highest BCUT2D eigenvalue weighted by Crippen LogP contribution is 2.43. The molecular weight excluding hydrogens is 376 g/mol. The van der Waals surface area contributed by atoms with E-state index in [4.69, 9.17) is 6.57 Å². The second kappa shape index (κ2) is 7.26. The maximum Gasteiger partial charge on any atom is 0.229 e. The number of nitrogens with one attached hydrogen (secondary N) is 1. The van der Waals surface area contributed by atoms with Gasteiger partial charge < -0.3 is 9.67 Å². The number of anilines is 1. The van der Waals surface area contributed by atoms with Crippen LogP contribution >= 0.6 is 0 Å². The molecule has 2 N–H and O–H groups in total. The Kier molecular flexibility index (Phi) is 4.87. The van der Waals surface area contributed by atoms with Gasteiger partial charge in [0.2, 0.25) is 11.9 Å². The van der Waals surface area contributed by atoms with Crippen molar-refractivity contribution in [3.63, 3.8) is 0 Å². The second-order valence-corrected chi connectivity index (χ2v) is 8.77. The molecule has 0 spiro atoms. The van der Waals surface area contributed by atoms with E-state index < -0.39 is 5.60 Å². The Balaban J connectivity index is 1.66. The van der Waals surface area contributed by atoms with E-state index in [1.165, 1.54) is 0 Å². The van der Waals surface area contributed by atoms with Gasteiger partial charge in [-0.1, -0.05) is 35.9 Å². The summed E-state index contributed by atoms with van der Waals surface area (Å²) in [6.07, 6.45) is 3.02. The third kappa shape index (κ3) is 3.57. The number of amides is 1. The topological polar surface area (TPSA) is 71.5 Å². The van der Waals surface area contributed by atoms with E-state index >= 15 is 0 Å². The number of aryl methyl sites for hydroxylation is 1. The summed E-state index contributed by atoms with van der Waals surface area (Å²) < 4.78 is 2.06. The third-order valence-electron chi connectivity index (χ3n) is 6.13. The highest BCUT2D eigenvalue weighted by molar-refractivity contribution is 5.93. The molecule has 0 bridgehead atoms. The fourth-order valence-corrected chi connectivity index (χ4v) is 4.24. The number of benzene rings is 2. The molecule has 3 aromatic rings. The van der Waals surface area contributed by atoms with E-state index in [-0.39, 0.29) is 17.9 Å². The fourth-order valence-electron chi connectivity index (χ4n) is 4.24. The first-order valence-electron chi connectivity index (χ1n) is 10.2. The molecule has 1 saturated carbocycles. The van der Waals surface area contributed by atoms with Crippen LogP contribution in [-0.4, -0.2) is 20.6 Å². The molecule has 1 fully saturated rings. The van der Waals surface area contributed by atoms with Gasteiger partial charge in [-0.15, -0.1) is 0 Å². The van der Waals surface area contributed by atoms with Crippen LogP contribution < -0.4 is 5.32 Å². The summed E-state index contributed by atoms with van der Waals surface area (Å²) in [6, 6.07) is 12.9. The van der Waals surface area contributed by atoms with Crippen LogP contribution in [-0.2, 0) is 15.9 Å². The minimum Gasteiger partial charge on any atom is -0.385 e. The zero-order chi connectivity index (χ0) is 21.5. The molecule has 0 unspecified atom stereocenters. The van der Waals surface area contributed by atoms with E-state index in [2.05, 4.69) is 26.6 Å². The summed E-state index contributed by atoms with van der Waals surface area (Å²) in [6.45, 7) is 13.1. The lowest BCUT2D eigenvalue weighted by Crippen LogP contribution is -2.38. The smallest absolute Gasteiger partial charge is 0.229 e. The van der Waals surface area contributed by atoms with Gasteiger partial charge in [-0.05, 0) is 57.7 Å². The van der Waals surface area contributed by atoms with Crippen LogP contribution in [0, 0.1) is 13.5 Å². The Morgan fingerprint density at radius 3 is 2.73 bits per heavy atom. The lowest BCUT2D eigenvalue weighted by Gasteiger charge is -2.41. The first-order valence-corrected chi connectivity index (χ1v) is 10.2. The van der Waals surface area contributed by atoms with Crippen molar-refractivity contribution in [2.24, 2.45) is 0 Å². The van der Waals surface area contributed by atoms with Crippen LogP contribution in [0.25, 0.3) is 15.9 Å². The number of aromatic nitrogens is 2. The average molecular weight is 402 g/mol. The van der Waals surface area contributed by atoms with Crippen molar-refractivity contribution in [3.8, 4) is 0 Å². The summed E-state index contributed by atoms with van der Waals surface area (Å²) >= 11 is 0. The van der Waals surface area contributed by atoms with E-state index in [0.29, 0.717) is 17.2 Å². The summed E-state index contributed by atoms with van der Waals surface area (Å²) in [5.41, 5.74) is 2.46. The van der Waals surface area contributed by atoms with Crippen molar-refractivity contribution in [2.75, 3.05) is 5.32 Å². The first-order chi connectivity index (χ1) is 14.2. The van der Waals surface area contributed by atoms with Gasteiger partial charge in [-0.2, -0.15) is 0 Å². The quantitative estimate of drug-likeness (QED) is 0.588. The Labute approximate surface area is 176 Å². The van der Waals surface area contributed by atoms with Gasteiger partial charge in [-0.3, -0.25) is 10.1 Å². The lowest BCUT2D eigenvalue weighted by molar-refractivity contribution is -0.120. The number of hydrogen-bond acceptors (Lipinski definition) is 3. The molecule has 4 rings (SSSR count). The number of fused-ring (bicyclic) bond motifs is 1. The van der Waals surface area contributed by atoms with Crippen LogP contribution in [0.15, 0.2) is 42.5 Å². The molecule has 1 atom stereocenters. The number of aliphatic hydroxyl groups is 1. The number of carbonyl (C=O) groups excluding carboxylic acids is 1. The molecule has 0 saturated heterocycles. The third-order valence-corrected chi connectivity index (χ3v) is 6.13. The molecule has 1 amide bonds. The highest BCUT2D eigenvalue weighted by atomic mass is 16.3. The van der Waals surface area contributed by atoms with Crippen molar-refractivity contribution in [1.29, 1.82) is 0 Å². The average Bonchev–Trinajstić information content (AvgIpc) is 3.02. The SMILES string of the molecule is [C-]#[N+]c1ccc2nc(NC(=O)C[C@](C)(O)c3cccc(C)c3)n(C3(C)CCC3)c2c1. The number of hydrogen-bond donors (Lipinski definition) is 2. The Morgan fingerprint density at radius 1 is 1.33 bits per heavy atom. The molecule has 0 radical (unpaired) electrons. The second-order valence-electron chi connectivity index (χ2n) is 8.77. The van der Waals surface area contributed by atoms with Crippen LogP contribution in [0.4, 0.5) is 11.6 Å². The summed E-state index contributed by atoms with van der Waals surface area (Å²) in [4.78, 5) is 21.1. The predicted octanol–water partition coefficient (Wildman–Crippen LogP) is 5.03. The molecule has 154 valence electrons. The Morgan fingerprint density at radius 2 is 2.10 bits per heavy atom. The normalized spacial score (nSPS) is 17.0. The van der Waals surface area contributed by atoms with Gasteiger partial charge in [0, 0.05) is 5.54 Å². The van der Waals surface area contributed by atoms with Gasteiger partial charge in [0.1, 0.15) is 0 Å². The fraction of sp³-hybridized carbons (Fsp3) is 0.375. The number of rotatable bonds is 5. The van der Waals surface area contributed by atoms with Gasteiger partial charge in [0.25, 0.3) is 0 Å². The summed E-state index contributed by atoms with van der Waals surface area (Å²) in [5.74, 6) is 0.172. The standard InChI is InChI=1S/C24H26N4O2/c1-16-7-5-8-17(13-16)24(3,30)15-21(29)27-22-26-19-10-9-18(25-4)14-20(19)28(22)23(2)11-6-12-23/h5,7-10,13-14,30H,6,11-12,15H2,1-3H3,(H,26,27,29)/t24-/m0/s1. The maximum atomic E-state index is 12.9. The van der Waals surface area contributed by atoms with E-state index in [9.17, 15) is 9.90 Å². The summed E-state index contributed by atoms with van der Waals surface area (Å²) in [7, 11) is 0. The number of nitrogens with zero attached hydrogens (tertiary/aromatic N) is 3. The molecule has 1 aromatic heterocycles. The molecule has 6 nitrogen and oxygen atoms in total. The molecule has 1 aliphatic carbocycles. The van der Waals surface area contributed by atoms with Crippen molar-refractivity contribution in [1.82, 2.24) is 9.55 Å². The minimum atomic E-state index is -1.29. The van der Waals surface area contributed by atoms with Crippen LogP contribution in [0.5, 0.6) is 0 Å². The van der Waals surface area contributed by atoms with E-state index in [1.54, 1.807) is 13.0 Å². The summed E-state index contributed by atoms with van der Waals surface area (Å²) in [5, 5.41) is 13.9. The van der Waals surface area contributed by atoms with Gasteiger partial charge in [-0.25, -0.2) is 9.83 Å².